The summed E-state index contributed by atoms with van der Waals surface area (Å²) in [6, 6.07) is 9.77. The number of aromatic nitrogens is 1. The number of para-hydroxylation sites is 1. The molecule has 2 aromatic rings. The molecule has 1 heterocycles. The van der Waals surface area contributed by atoms with Crippen LogP contribution in [0.1, 0.15) is 5.56 Å². The maximum atomic E-state index is 9.56. The van der Waals surface area contributed by atoms with Crippen molar-refractivity contribution in [3.8, 4) is 0 Å². The fraction of sp³-hybridized carbons (Fsp3) is 0.312. The number of aliphatic hydroxyl groups is 1. The van der Waals surface area contributed by atoms with Crippen molar-refractivity contribution < 1.29 is 9.84 Å². The van der Waals surface area contributed by atoms with Crippen LogP contribution in [-0.4, -0.2) is 36.9 Å². The zero-order valence-electron chi connectivity index (χ0n) is 11.7. The predicted octanol–water partition coefficient (Wildman–Crippen LogP) is 2.37. The Morgan fingerprint density at radius 3 is 2.90 bits per heavy atom. The molecule has 0 bridgehead atoms. The summed E-state index contributed by atoms with van der Waals surface area (Å²) in [5.74, 6) is 0.838. The van der Waals surface area contributed by atoms with Crippen LogP contribution in [-0.2, 0) is 11.3 Å². The Morgan fingerprint density at radius 2 is 2.20 bits per heavy atom. The summed E-state index contributed by atoms with van der Waals surface area (Å²) in [5.41, 5.74) is 1.78. The second-order valence-electron chi connectivity index (χ2n) is 4.54. The van der Waals surface area contributed by atoms with E-state index in [-0.39, 0.29) is 6.61 Å². The molecule has 0 unspecified atom stereocenters. The van der Waals surface area contributed by atoms with E-state index < -0.39 is 0 Å². The van der Waals surface area contributed by atoms with Crippen molar-refractivity contribution in [1.82, 2.24) is 4.98 Å². The van der Waals surface area contributed by atoms with Gasteiger partial charge in [-0.05, 0) is 17.7 Å². The van der Waals surface area contributed by atoms with E-state index >= 15 is 0 Å². The van der Waals surface area contributed by atoms with E-state index in [2.05, 4.69) is 16.5 Å². The maximum absolute atomic E-state index is 9.56. The van der Waals surface area contributed by atoms with Gasteiger partial charge in [-0.25, -0.2) is 4.98 Å². The highest BCUT2D eigenvalue weighted by atomic mass is 16.5. The summed E-state index contributed by atoms with van der Waals surface area (Å²) >= 11 is 0. The van der Waals surface area contributed by atoms with Crippen molar-refractivity contribution in [2.45, 2.75) is 6.61 Å². The van der Waals surface area contributed by atoms with Gasteiger partial charge in [0.15, 0.2) is 0 Å². The lowest BCUT2D eigenvalue weighted by Crippen LogP contribution is -2.28. The van der Waals surface area contributed by atoms with Gasteiger partial charge in [0.1, 0.15) is 5.82 Å². The molecule has 0 aliphatic heterocycles. The first-order chi connectivity index (χ1) is 9.80. The van der Waals surface area contributed by atoms with Gasteiger partial charge in [-0.3, -0.25) is 0 Å². The van der Waals surface area contributed by atoms with Crippen LogP contribution < -0.4 is 4.90 Å². The first-order valence-electron chi connectivity index (χ1n) is 6.64. The highest BCUT2D eigenvalue weighted by Gasteiger charge is 2.10. The Kier molecular flexibility index (Phi) is 5.09. The van der Waals surface area contributed by atoms with Crippen LogP contribution in [0.2, 0.25) is 0 Å². The number of anilines is 1. The van der Waals surface area contributed by atoms with Crippen LogP contribution in [0.3, 0.4) is 0 Å². The van der Waals surface area contributed by atoms with E-state index in [4.69, 9.17) is 4.74 Å². The molecule has 0 aliphatic rings. The van der Waals surface area contributed by atoms with Crippen LogP contribution in [0, 0.1) is 0 Å². The van der Waals surface area contributed by atoms with Gasteiger partial charge in [0.25, 0.3) is 0 Å². The number of methoxy groups -OCH3 is 1. The van der Waals surface area contributed by atoms with Crippen LogP contribution in [0.15, 0.2) is 43.0 Å². The van der Waals surface area contributed by atoms with Gasteiger partial charge in [-0.1, -0.05) is 24.3 Å². The van der Waals surface area contributed by atoms with E-state index in [1.165, 1.54) is 0 Å². The summed E-state index contributed by atoms with van der Waals surface area (Å²) in [6.07, 6.45) is 1.84. The Hall–Kier alpha value is -1.91. The molecule has 0 radical (unpaired) electrons. The summed E-state index contributed by atoms with van der Waals surface area (Å²) < 4.78 is 5.13. The Balaban J connectivity index is 2.43. The van der Waals surface area contributed by atoms with E-state index in [9.17, 15) is 5.11 Å². The fourth-order valence-corrected chi connectivity index (χ4v) is 2.18. The lowest BCUT2D eigenvalue weighted by atomic mass is 10.1. The number of aliphatic hydroxyl groups excluding tert-OH is 1. The Labute approximate surface area is 119 Å². The molecule has 4 heteroatoms. The first-order valence-corrected chi connectivity index (χ1v) is 6.64. The van der Waals surface area contributed by atoms with Crippen LogP contribution in [0.4, 0.5) is 5.82 Å². The van der Waals surface area contributed by atoms with E-state index in [0.29, 0.717) is 13.2 Å². The molecule has 0 aliphatic carbocycles. The number of pyridine rings is 1. The van der Waals surface area contributed by atoms with Gasteiger partial charge >= 0.3 is 0 Å². The molecule has 0 amide bonds. The average Bonchev–Trinajstić information content (AvgIpc) is 2.50. The molecule has 0 fully saturated rings. The van der Waals surface area contributed by atoms with Gasteiger partial charge in [-0.15, -0.1) is 6.58 Å². The fourth-order valence-electron chi connectivity index (χ4n) is 2.18. The van der Waals surface area contributed by atoms with Gasteiger partial charge in [-0.2, -0.15) is 0 Å². The number of hydrogen-bond donors (Lipinski definition) is 1. The molecular formula is C16H20N2O2. The quantitative estimate of drug-likeness (QED) is 0.786. The molecule has 2 rings (SSSR count). The molecule has 1 aromatic carbocycles. The van der Waals surface area contributed by atoms with Crippen molar-refractivity contribution in [3.05, 3.63) is 48.6 Å². The minimum Gasteiger partial charge on any atom is -0.392 e. The first kappa shape index (κ1) is 14.5. The number of hydrogen-bond acceptors (Lipinski definition) is 4. The molecule has 0 atom stereocenters. The molecule has 0 spiro atoms. The molecule has 0 saturated heterocycles. The molecule has 20 heavy (non-hydrogen) atoms. The lowest BCUT2D eigenvalue weighted by Gasteiger charge is -2.23. The predicted molar refractivity (Wildman–Crippen MR) is 82.0 cm³/mol. The van der Waals surface area contributed by atoms with Gasteiger partial charge in [0, 0.05) is 25.6 Å². The third kappa shape index (κ3) is 3.15. The van der Waals surface area contributed by atoms with Crippen molar-refractivity contribution in [3.63, 3.8) is 0 Å². The molecule has 106 valence electrons. The Bertz CT molecular complexity index is 584. The normalized spacial score (nSPS) is 10.7. The van der Waals surface area contributed by atoms with Crippen molar-refractivity contribution in [2.24, 2.45) is 0 Å². The summed E-state index contributed by atoms with van der Waals surface area (Å²) in [5, 5.41) is 10.5. The van der Waals surface area contributed by atoms with Crippen molar-refractivity contribution in [1.29, 1.82) is 0 Å². The SMILES string of the molecule is C=CCN(CCOC)c1cc(CO)c2ccccc2n1. The average molecular weight is 272 g/mol. The van der Waals surface area contributed by atoms with Gasteiger partial charge < -0.3 is 14.7 Å². The minimum absolute atomic E-state index is 0.00222. The van der Waals surface area contributed by atoms with Crippen molar-refractivity contribution in [2.75, 3.05) is 31.7 Å². The van der Waals surface area contributed by atoms with Crippen molar-refractivity contribution >= 4 is 16.7 Å². The van der Waals surface area contributed by atoms with E-state index in [1.54, 1.807) is 7.11 Å². The van der Waals surface area contributed by atoms with Crippen LogP contribution in [0.25, 0.3) is 10.9 Å². The minimum atomic E-state index is 0.00222. The Morgan fingerprint density at radius 1 is 1.40 bits per heavy atom. The largest absolute Gasteiger partial charge is 0.392 e. The highest BCUT2D eigenvalue weighted by molar-refractivity contribution is 5.84. The van der Waals surface area contributed by atoms with E-state index in [1.807, 2.05) is 36.4 Å². The summed E-state index contributed by atoms with van der Waals surface area (Å²) in [4.78, 5) is 6.75. The molecule has 1 aromatic heterocycles. The number of benzene rings is 1. The molecule has 0 saturated carbocycles. The second kappa shape index (κ2) is 7.03. The standard InChI is InChI=1S/C16H20N2O2/c1-3-8-18(9-10-20-2)16-11-13(12-19)14-6-4-5-7-15(14)17-16/h3-7,11,19H,1,8-10,12H2,2H3. The number of rotatable bonds is 7. The number of nitrogens with zero attached hydrogens (tertiary/aromatic N) is 2. The smallest absolute Gasteiger partial charge is 0.129 e. The second-order valence-corrected chi connectivity index (χ2v) is 4.54. The van der Waals surface area contributed by atoms with E-state index in [0.717, 1.165) is 28.8 Å². The molecule has 1 N–H and O–H groups in total. The zero-order chi connectivity index (χ0) is 14.4. The van der Waals surface area contributed by atoms with Crippen LogP contribution in [0.5, 0.6) is 0 Å². The highest BCUT2D eigenvalue weighted by Crippen LogP contribution is 2.23. The maximum Gasteiger partial charge on any atom is 0.129 e. The lowest BCUT2D eigenvalue weighted by molar-refractivity contribution is 0.205. The summed E-state index contributed by atoms with van der Waals surface area (Å²) in [6.45, 7) is 5.83. The molecular weight excluding hydrogens is 252 g/mol. The monoisotopic (exact) mass is 272 g/mol. The summed E-state index contributed by atoms with van der Waals surface area (Å²) in [7, 11) is 1.68. The molecule has 4 nitrogen and oxygen atoms in total. The van der Waals surface area contributed by atoms with Gasteiger partial charge in [0.05, 0.1) is 18.7 Å². The topological polar surface area (TPSA) is 45.6 Å². The zero-order valence-corrected chi connectivity index (χ0v) is 11.7. The number of fused-ring (bicyclic) bond motifs is 1. The van der Waals surface area contributed by atoms with Crippen LogP contribution >= 0.6 is 0 Å². The third-order valence-electron chi connectivity index (χ3n) is 3.20. The third-order valence-corrected chi connectivity index (χ3v) is 3.20. The number of ether oxygens (including phenoxy) is 1. The van der Waals surface area contributed by atoms with Gasteiger partial charge in [0.2, 0.25) is 0 Å².